The number of ether oxygens (including phenoxy) is 2. The van der Waals surface area contributed by atoms with Crippen LogP contribution in [-0.4, -0.2) is 68.6 Å². The van der Waals surface area contributed by atoms with Crippen LogP contribution in [0.3, 0.4) is 0 Å². The molecule has 27 heavy (non-hydrogen) atoms. The van der Waals surface area contributed by atoms with Crippen LogP contribution >= 0.6 is 0 Å². The highest BCUT2D eigenvalue weighted by atomic mass is 16.5. The van der Waals surface area contributed by atoms with E-state index in [9.17, 15) is 9.59 Å². The Balaban J connectivity index is 2.07. The molecule has 0 aliphatic carbocycles. The van der Waals surface area contributed by atoms with Crippen LogP contribution in [-0.2, 0) is 4.79 Å². The summed E-state index contributed by atoms with van der Waals surface area (Å²) in [4.78, 5) is 29.4. The SMILES string of the molecule is CCC(CC)(CN)C(=O)N1CCN(C(=O)c2ccc(OC)cc2OC)CC1. The standard InChI is InChI=1S/C20H31N3O4/c1-5-20(6-2,14-21)19(25)23-11-9-22(10-12-23)18(24)16-8-7-15(26-3)13-17(16)27-4/h7-8,13H,5-6,9-12,14,21H2,1-4H3. The Hall–Kier alpha value is -2.28. The smallest absolute Gasteiger partial charge is 0.257 e. The third kappa shape index (κ3) is 4.18. The summed E-state index contributed by atoms with van der Waals surface area (Å²) in [7, 11) is 3.10. The van der Waals surface area contributed by atoms with E-state index in [1.807, 2.05) is 18.7 Å². The minimum absolute atomic E-state index is 0.0994. The van der Waals surface area contributed by atoms with Crippen LogP contribution in [0.2, 0.25) is 0 Å². The second kappa shape index (κ2) is 9.08. The quantitative estimate of drug-likeness (QED) is 0.783. The van der Waals surface area contributed by atoms with E-state index in [1.165, 1.54) is 7.11 Å². The zero-order valence-corrected chi connectivity index (χ0v) is 16.8. The number of carbonyl (C=O) groups is 2. The van der Waals surface area contributed by atoms with Gasteiger partial charge in [-0.2, -0.15) is 0 Å². The molecule has 1 aliphatic rings. The topological polar surface area (TPSA) is 85.1 Å². The Morgan fingerprint density at radius 2 is 1.63 bits per heavy atom. The lowest BCUT2D eigenvalue weighted by molar-refractivity contribution is -0.143. The first-order valence-corrected chi connectivity index (χ1v) is 9.47. The summed E-state index contributed by atoms with van der Waals surface area (Å²) in [5.41, 5.74) is 5.91. The van der Waals surface area contributed by atoms with Gasteiger partial charge < -0.3 is 25.0 Å². The minimum Gasteiger partial charge on any atom is -0.497 e. The Labute approximate surface area is 161 Å². The Bertz CT molecular complexity index is 657. The summed E-state index contributed by atoms with van der Waals surface area (Å²) in [5.74, 6) is 1.12. The lowest BCUT2D eigenvalue weighted by atomic mass is 9.81. The minimum atomic E-state index is -0.495. The van der Waals surface area contributed by atoms with Crippen molar-refractivity contribution in [1.29, 1.82) is 0 Å². The van der Waals surface area contributed by atoms with Crippen molar-refractivity contribution in [3.8, 4) is 11.5 Å². The van der Waals surface area contributed by atoms with E-state index < -0.39 is 5.41 Å². The summed E-state index contributed by atoms with van der Waals surface area (Å²) >= 11 is 0. The zero-order valence-electron chi connectivity index (χ0n) is 16.8. The molecule has 7 nitrogen and oxygen atoms in total. The molecule has 2 N–H and O–H groups in total. The summed E-state index contributed by atoms with van der Waals surface area (Å²) in [6.45, 7) is 6.38. The maximum Gasteiger partial charge on any atom is 0.257 e. The van der Waals surface area contributed by atoms with Crippen molar-refractivity contribution >= 4 is 11.8 Å². The molecule has 0 radical (unpaired) electrons. The molecule has 0 bridgehead atoms. The lowest BCUT2D eigenvalue weighted by Gasteiger charge is -2.40. The van der Waals surface area contributed by atoms with E-state index in [-0.39, 0.29) is 11.8 Å². The third-order valence-corrected chi connectivity index (χ3v) is 5.69. The van der Waals surface area contributed by atoms with Gasteiger partial charge in [-0.1, -0.05) is 13.8 Å². The van der Waals surface area contributed by atoms with Crippen molar-refractivity contribution in [2.45, 2.75) is 26.7 Å². The summed E-state index contributed by atoms with van der Waals surface area (Å²) in [6, 6.07) is 5.16. The van der Waals surface area contributed by atoms with Crippen molar-refractivity contribution in [2.24, 2.45) is 11.1 Å². The van der Waals surface area contributed by atoms with Crippen LogP contribution in [0.5, 0.6) is 11.5 Å². The number of hydrogen-bond donors (Lipinski definition) is 1. The number of carbonyl (C=O) groups excluding carboxylic acids is 2. The molecule has 1 fully saturated rings. The van der Waals surface area contributed by atoms with Gasteiger partial charge in [-0.05, 0) is 25.0 Å². The van der Waals surface area contributed by atoms with Crippen molar-refractivity contribution in [3.63, 3.8) is 0 Å². The molecule has 150 valence electrons. The van der Waals surface area contributed by atoms with Crippen LogP contribution in [0.25, 0.3) is 0 Å². The van der Waals surface area contributed by atoms with Crippen LogP contribution in [0.15, 0.2) is 18.2 Å². The Morgan fingerprint density at radius 3 is 2.11 bits per heavy atom. The average molecular weight is 377 g/mol. The summed E-state index contributed by atoms with van der Waals surface area (Å²) < 4.78 is 10.5. The van der Waals surface area contributed by atoms with Gasteiger partial charge in [0.1, 0.15) is 11.5 Å². The Morgan fingerprint density at radius 1 is 1.04 bits per heavy atom. The number of amides is 2. The number of rotatable bonds is 7. The molecule has 1 aromatic rings. The summed E-state index contributed by atoms with van der Waals surface area (Å²) in [5, 5.41) is 0. The second-order valence-corrected chi connectivity index (χ2v) is 6.84. The van der Waals surface area contributed by atoms with Crippen LogP contribution in [0.1, 0.15) is 37.0 Å². The number of benzene rings is 1. The van der Waals surface area contributed by atoms with E-state index in [0.717, 1.165) is 12.8 Å². The monoisotopic (exact) mass is 377 g/mol. The van der Waals surface area contributed by atoms with Gasteiger partial charge in [-0.25, -0.2) is 0 Å². The molecule has 0 unspecified atom stereocenters. The van der Waals surface area contributed by atoms with Gasteiger partial charge in [-0.15, -0.1) is 0 Å². The van der Waals surface area contributed by atoms with Gasteiger partial charge in [-0.3, -0.25) is 9.59 Å². The predicted molar refractivity (Wildman–Crippen MR) is 104 cm³/mol. The third-order valence-electron chi connectivity index (χ3n) is 5.69. The van der Waals surface area contributed by atoms with E-state index in [4.69, 9.17) is 15.2 Å². The number of methoxy groups -OCH3 is 2. The molecule has 7 heteroatoms. The molecule has 2 rings (SSSR count). The Kier molecular flexibility index (Phi) is 7.07. The number of hydrogen-bond acceptors (Lipinski definition) is 5. The van der Waals surface area contributed by atoms with Crippen molar-refractivity contribution in [3.05, 3.63) is 23.8 Å². The summed E-state index contributed by atoms with van der Waals surface area (Å²) in [6.07, 6.45) is 1.45. The van der Waals surface area contributed by atoms with Crippen molar-refractivity contribution in [2.75, 3.05) is 46.9 Å². The normalized spacial score (nSPS) is 14.9. The molecule has 1 saturated heterocycles. The first-order valence-electron chi connectivity index (χ1n) is 9.47. The van der Waals surface area contributed by atoms with E-state index in [0.29, 0.717) is 49.8 Å². The number of nitrogens with two attached hydrogens (primary N) is 1. The van der Waals surface area contributed by atoms with Crippen LogP contribution in [0.4, 0.5) is 0 Å². The molecular formula is C20H31N3O4. The predicted octanol–water partition coefficient (Wildman–Crippen LogP) is 1.75. The van der Waals surface area contributed by atoms with Crippen LogP contribution in [0, 0.1) is 5.41 Å². The number of piperazine rings is 1. The van der Waals surface area contributed by atoms with Crippen molar-refractivity contribution < 1.29 is 19.1 Å². The molecular weight excluding hydrogens is 346 g/mol. The number of nitrogens with zero attached hydrogens (tertiary/aromatic N) is 2. The highest BCUT2D eigenvalue weighted by Crippen LogP contribution is 2.29. The fourth-order valence-electron chi connectivity index (χ4n) is 3.52. The molecule has 1 aliphatic heterocycles. The molecule has 0 saturated carbocycles. The fourth-order valence-corrected chi connectivity index (χ4v) is 3.52. The molecule has 0 spiro atoms. The molecule has 0 atom stereocenters. The van der Waals surface area contributed by atoms with Gasteiger partial charge in [0.25, 0.3) is 5.91 Å². The van der Waals surface area contributed by atoms with Gasteiger partial charge in [0.2, 0.25) is 5.91 Å². The van der Waals surface area contributed by atoms with E-state index in [1.54, 1.807) is 30.2 Å². The maximum atomic E-state index is 12.9. The van der Waals surface area contributed by atoms with Crippen LogP contribution < -0.4 is 15.2 Å². The molecule has 1 heterocycles. The van der Waals surface area contributed by atoms with Gasteiger partial charge in [0.05, 0.1) is 25.2 Å². The average Bonchev–Trinajstić information content (AvgIpc) is 2.74. The highest BCUT2D eigenvalue weighted by Gasteiger charge is 2.38. The molecule has 1 aromatic carbocycles. The molecule has 2 amide bonds. The molecule has 0 aromatic heterocycles. The van der Waals surface area contributed by atoms with Gasteiger partial charge in [0.15, 0.2) is 0 Å². The fraction of sp³-hybridized carbons (Fsp3) is 0.600. The van der Waals surface area contributed by atoms with Gasteiger partial charge in [0, 0.05) is 38.8 Å². The van der Waals surface area contributed by atoms with Gasteiger partial charge >= 0.3 is 0 Å². The largest absolute Gasteiger partial charge is 0.497 e. The highest BCUT2D eigenvalue weighted by molar-refractivity contribution is 5.97. The zero-order chi connectivity index (χ0) is 20.0. The first-order chi connectivity index (χ1) is 13.0. The second-order valence-electron chi connectivity index (χ2n) is 6.84. The van der Waals surface area contributed by atoms with Crippen molar-refractivity contribution in [1.82, 2.24) is 9.80 Å². The first kappa shape index (κ1) is 21.0. The maximum absolute atomic E-state index is 12.9. The van der Waals surface area contributed by atoms with E-state index >= 15 is 0 Å². The van der Waals surface area contributed by atoms with E-state index in [2.05, 4.69) is 0 Å². The lowest BCUT2D eigenvalue weighted by Crippen LogP contribution is -2.55.